The molecule has 2 aromatic rings. The molecule has 0 fully saturated rings. The van der Waals surface area contributed by atoms with E-state index < -0.39 is 0 Å². The molecule has 26 heavy (non-hydrogen) atoms. The zero-order chi connectivity index (χ0) is 18.4. The van der Waals surface area contributed by atoms with Gasteiger partial charge in [-0.05, 0) is 43.2 Å². The molecule has 6 heteroatoms. The minimum atomic E-state index is -0.0707. The van der Waals surface area contributed by atoms with Crippen LogP contribution in [0.15, 0.2) is 42.6 Å². The zero-order valence-electron chi connectivity index (χ0n) is 14.9. The van der Waals surface area contributed by atoms with Gasteiger partial charge >= 0.3 is 0 Å². The van der Waals surface area contributed by atoms with Gasteiger partial charge in [0.15, 0.2) is 6.61 Å². The molecule has 0 unspecified atom stereocenters. The molecule has 1 aromatic heterocycles. The molecule has 6 nitrogen and oxygen atoms in total. The van der Waals surface area contributed by atoms with Gasteiger partial charge in [-0.1, -0.05) is 12.1 Å². The van der Waals surface area contributed by atoms with Crippen LogP contribution in [0.2, 0.25) is 0 Å². The Morgan fingerprint density at radius 3 is 3.00 bits per heavy atom. The quantitative estimate of drug-likeness (QED) is 0.829. The highest BCUT2D eigenvalue weighted by Gasteiger charge is 2.25. The van der Waals surface area contributed by atoms with E-state index >= 15 is 0 Å². The third kappa shape index (κ3) is 4.59. The summed E-state index contributed by atoms with van der Waals surface area (Å²) < 4.78 is 5.47. The van der Waals surface area contributed by atoms with Gasteiger partial charge in [-0.2, -0.15) is 0 Å². The van der Waals surface area contributed by atoms with Crippen LogP contribution in [0.25, 0.3) is 0 Å². The number of hydrogen-bond acceptors (Lipinski definition) is 4. The first-order valence-electron chi connectivity index (χ1n) is 8.84. The number of nitrogens with zero attached hydrogens (tertiary/aromatic N) is 2. The van der Waals surface area contributed by atoms with E-state index in [-0.39, 0.29) is 18.4 Å². The van der Waals surface area contributed by atoms with Crippen molar-refractivity contribution >= 4 is 17.5 Å². The molecule has 1 aromatic carbocycles. The smallest absolute Gasteiger partial charge is 0.265 e. The van der Waals surface area contributed by atoms with E-state index in [2.05, 4.69) is 10.3 Å². The highest BCUT2D eigenvalue weighted by Crippen LogP contribution is 2.32. The van der Waals surface area contributed by atoms with Gasteiger partial charge in [0.05, 0.1) is 5.69 Å². The molecular weight excluding hydrogens is 330 g/mol. The topological polar surface area (TPSA) is 71.5 Å². The van der Waals surface area contributed by atoms with Crippen LogP contribution < -0.4 is 15.0 Å². The van der Waals surface area contributed by atoms with E-state index in [4.69, 9.17) is 4.74 Å². The SMILES string of the molecule is Cc1ccc2c(c1)N(CCCC(=O)NCCc1ccccn1)C(=O)CO2. The minimum Gasteiger partial charge on any atom is -0.482 e. The monoisotopic (exact) mass is 353 g/mol. The van der Waals surface area contributed by atoms with Crippen molar-refractivity contribution < 1.29 is 14.3 Å². The number of ether oxygens (including phenoxy) is 1. The number of anilines is 1. The van der Waals surface area contributed by atoms with Crippen LogP contribution in [0.5, 0.6) is 5.75 Å². The molecule has 2 heterocycles. The molecule has 0 saturated heterocycles. The van der Waals surface area contributed by atoms with Gasteiger partial charge in [-0.15, -0.1) is 0 Å². The lowest BCUT2D eigenvalue weighted by Gasteiger charge is -2.29. The summed E-state index contributed by atoms with van der Waals surface area (Å²) in [7, 11) is 0. The second kappa shape index (κ2) is 8.47. The molecule has 0 aliphatic carbocycles. The van der Waals surface area contributed by atoms with Gasteiger partial charge in [-0.25, -0.2) is 0 Å². The first-order valence-corrected chi connectivity index (χ1v) is 8.84. The largest absolute Gasteiger partial charge is 0.482 e. The maximum absolute atomic E-state index is 12.2. The van der Waals surface area contributed by atoms with Crippen molar-refractivity contribution in [3.63, 3.8) is 0 Å². The Balaban J connectivity index is 1.45. The average molecular weight is 353 g/mol. The number of nitrogens with one attached hydrogen (secondary N) is 1. The summed E-state index contributed by atoms with van der Waals surface area (Å²) in [5, 5.41) is 2.90. The number of carbonyl (C=O) groups is 2. The standard InChI is InChI=1S/C20H23N3O3/c1-15-7-8-18-17(13-15)23(20(25)14-26-18)12-4-6-19(24)22-11-9-16-5-2-3-10-21-16/h2-3,5,7-8,10,13H,4,6,9,11-12,14H2,1H3,(H,22,24). The molecule has 3 rings (SSSR count). The molecule has 0 atom stereocenters. The van der Waals surface area contributed by atoms with Crippen LogP contribution >= 0.6 is 0 Å². The number of aromatic nitrogens is 1. The zero-order valence-corrected chi connectivity index (χ0v) is 14.9. The first-order chi connectivity index (χ1) is 12.6. The van der Waals surface area contributed by atoms with Crippen LogP contribution in [-0.4, -0.2) is 36.5 Å². The average Bonchev–Trinajstić information content (AvgIpc) is 2.64. The summed E-state index contributed by atoms with van der Waals surface area (Å²) in [5.41, 5.74) is 2.81. The Morgan fingerprint density at radius 1 is 1.31 bits per heavy atom. The van der Waals surface area contributed by atoms with Crippen molar-refractivity contribution in [3.05, 3.63) is 53.9 Å². The molecular formula is C20H23N3O3. The Kier molecular flexibility index (Phi) is 5.84. The third-order valence-electron chi connectivity index (χ3n) is 4.27. The van der Waals surface area contributed by atoms with Crippen LogP contribution in [-0.2, 0) is 16.0 Å². The van der Waals surface area contributed by atoms with Crippen LogP contribution in [0.4, 0.5) is 5.69 Å². The molecule has 136 valence electrons. The van der Waals surface area contributed by atoms with Gasteiger partial charge < -0.3 is 15.0 Å². The molecule has 0 bridgehead atoms. The van der Waals surface area contributed by atoms with Gasteiger partial charge in [0.2, 0.25) is 5.91 Å². The number of fused-ring (bicyclic) bond motifs is 1. The summed E-state index contributed by atoms with van der Waals surface area (Å²) in [6, 6.07) is 11.5. The van der Waals surface area contributed by atoms with E-state index in [1.54, 1.807) is 11.1 Å². The fourth-order valence-corrected chi connectivity index (χ4v) is 2.92. The summed E-state index contributed by atoms with van der Waals surface area (Å²) in [4.78, 5) is 30.1. The van der Waals surface area contributed by atoms with Crippen LogP contribution in [0.1, 0.15) is 24.1 Å². The second-order valence-corrected chi connectivity index (χ2v) is 6.33. The fourth-order valence-electron chi connectivity index (χ4n) is 2.92. The van der Waals surface area contributed by atoms with Crippen molar-refractivity contribution in [2.45, 2.75) is 26.2 Å². The van der Waals surface area contributed by atoms with E-state index in [0.717, 1.165) is 22.7 Å². The number of carbonyl (C=O) groups excluding carboxylic acids is 2. The number of pyridine rings is 1. The normalized spacial score (nSPS) is 13.1. The summed E-state index contributed by atoms with van der Waals surface area (Å²) in [5.74, 6) is 0.639. The third-order valence-corrected chi connectivity index (χ3v) is 4.27. The van der Waals surface area contributed by atoms with Crippen LogP contribution in [0, 0.1) is 6.92 Å². The Bertz CT molecular complexity index is 777. The van der Waals surface area contributed by atoms with E-state index in [1.807, 2.05) is 43.3 Å². The Hall–Kier alpha value is -2.89. The highest BCUT2D eigenvalue weighted by molar-refractivity contribution is 5.97. The lowest BCUT2D eigenvalue weighted by molar-refractivity contribution is -0.122. The summed E-state index contributed by atoms with van der Waals surface area (Å²) >= 11 is 0. The predicted molar refractivity (Wildman–Crippen MR) is 99.2 cm³/mol. The van der Waals surface area contributed by atoms with Crippen LogP contribution in [0.3, 0.4) is 0 Å². The first kappa shape index (κ1) is 17.9. The van der Waals surface area contributed by atoms with Crippen molar-refractivity contribution in [1.29, 1.82) is 0 Å². The molecule has 1 aliphatic heterocycles. The van der Waals surface area contributed by atoms with E-state index in [1.165, 1.54) is 0 Å². The minimum absolute atomic E-state index is 0.00824. The predicted octanol–water partition coefficient (Wildman–Crippen LogP) is 2.25. The van der Waals surface area contributed by atoms with E-state index in [0.29, 0.717) is 32.4 Å². The lowest BCUT2D eigenvalue weighted by Crippen LogP contribution is -2.39. The molecule has 1 N–H and O–H groups in total. The number of hydrogen-bond donors (Lipinski definition) is 1. The van der Waals surface area contributed by atoms with Crippen molar-refractivity contribution in [2.75, 3.05) is 24.6 Å². The lowest BCUT2D eigenvalue weighted by atomic mass is 10.1. The van der Waals surface area contributed by atoms with Gasteiger partial charge in [0.1, 0.15) is 5.75 Å². The summed E-state index contributed by atoms with van der Waals surface area (Å²) in [6.07, 6.45) is 3.44. The van der Waals surface area contributed by atoms with Gasteiger partial charge in [-0.3, -0.25) is 14.6 Å². The maximum Gasteiger partial charge on any atom is 0.265 e. The number of amides is 2. The maximum atomic E-state index is 12.2. The molecule has 0 radical (unpaired) electrons. The fraction of sp³-hybridized carbons (Fsp3) is 0.350. The number of benzene rings is 1. The molecule has 0 spiro atoms. The highest BCUT2D eigenvalue weighted by atomic mass is 16.5. The molecule has 1 aliphatic rings. The van der Waals surface area contributed by atoms with Crippen molar-refractivity contribution in [3.8, 4) is 5.75 Å². The Morgan fingerprint density at radius 2 is 2.19 bits per heavy atom. The Labute approximate surface area is 153 Å². The number of aryl methyl sites for hydroxylation is 1. The number of rotatable bonds is 7. The molecule has 2 amide bonds. The summed E-state index contributed by atoms with van der Waals surface area (Å²) in [6.45, 7) is 3.10. The van der Waals surface area contributed by atoms with Crippen molar-refractivity contribution in [2.24, 2.45) is 0 Å². The molecule has 0 saturated carbocycles. The van der Waals surface area contributed by atoms with Crippen molar-refractivity contribution in [1.82, 2.24) is 10.3 Å². The van der Waals surface area contributed by atoms with Gasteiger partial charge in [0.25, 0.3) is 5.91 Å². The van der Waals surface area contributed by atoms with Gasteiger partial charge in [0, 0.05) is 37.8 Å². The second-order valence-electron chi connectivity index (χ2n) is 6.33. The van der Waals surface area contributed by atoms with E-state index in [9.17, 15) is 9.59 Å².